The van der Waals surface area contributed by atoms with Gasteiger partial charge in [-0.3, -0.25) is 0 Å². The van der Waals surface area contributed by atoms with E-state index in [4.69, 9.17) is 4.74 Å². The average molecular weight is 312 g/mol. The quantitative estimate of drug-likeness (QED) is 0.797. The molecule has 0 unspecified atom stereocenters. The van der Waals surface area contributed by atoms with E-state index in [0.29, 0.717) is 24.0 Å². The molecule has 0 radical (unpaired) electrons. The van der Waals surface area contributed by atoms with Crippen LogP contribution < -0.4 is 10.6 Å². The molecule has 0 bridgehead atoms. The van der Waals surface area contributed by atoms with Crippen molar-refractivity contribution >= 4 is 23.3 Å². The van der Waals surface area contributed by atoms with Gasteiger partial charge >= 0.3 is 5.97 Å². The van der Waals surface area contributed by atoms with Crippen LogP contribution in [0.25, 0.3) is 0 Å². The zero-order chi connectivity index (χ0) is 16.2. The van der Waals surface area contributed by atoms with Crippen molar-refractivity contribution in [1.82, 2.24) is 9.97 Å². The molecule has 1 saturated carbocycles. The number of esters is 1. The second-order valence-corrected chi connectivity index (χ2v) is 5.53. The van der Waals surface area contributed by atoms with Gasteiger partial charge in [0.1, 0.15) is 17.5 Å². The number of nitrogens with zero attached hydrogens (tertiary/aromatic N) is 2. The zero-order valence-electron chi connectivity index (χ0n) is 13.3. The molecule has 1 aliphatic carbocycles. The van der Waals surface area contributed by atoms with Crippen molar-refractivity contribution in [2.75, 3.05) is 17.2 Å². The summed E-state index contributed by atoms with van der Waals surface area (Å²) in [5.41, 5.74) is 1.39. The number of anilines is 3. The van der Waals surface area contributed by atoms with Gasteiger partial charge < -0.3 is 15.4 Å². The average Bonchev–Trinajstić information content (AvgIpc) is 3.31. The molecule has 1 aliphatic rings. The summed E-state index contributed by atoms with van der Waals surface area (Å²) in [4.78, 5) is 20.4. The molecule has 0 spiro atoms. The number of rotatable bonds is 6. The van der Waals surface area contributed by atoms with Crippen molar-refractivity contribution in [2.24, 2.45) is 0 Å². The van der Waals surface area contributed by atoms with E-state index in [2.05, 4.69) is 20.6 Å². The number of carbonyl (C=O) groups is 1. The van der Waals surface area contributed by atoms with Crippen LogP contribution in [0.5, 0.6) is 0 Å². The predicted molar refractivity (Wildman–Crippen MR) is 89.1 cm³/mol. The van der Waals surface area contributed by atoms with E-state index in [0.717, 1.165) is 17.3 Å². The molecule has 0 atom stereocenters. The number of carbonyl (C=O) groups excluding carboxylic acids is 1. The van der Waals surface area contributed by atoms with Crippen LogP contribution in [0.2, 0.25) is 0 Å². The summed E-state index contributed by atoms with van der Waals surface area (Å²) in [7, 11) is 0. The number of nitrogens with one attached hydrogen (secondary N) is 2. The summed E-state index contributed by atoms with van der Waals surface area (Å²) >= 11 is 0. The van der Waals surface area contributed by atoms with E-state index in [1.165, 1.54) is 12.8 Å². The highest BCUT2D eigenvalue weighted by Crippen LogP contribution is 2.25. The molecule has 2 aromatic rings. The maximum Gasteiger partial charge on any atom is 0.338 e. The molecule has 2 N–H and O–H groups in total. The van der Waals surface area contributed by atoms with Crippen LogP contribution >= 0.6 is 0 Å². The van der Waals surface area contributed by atoms with E-state index < -0.39 is 0 Å². The molecule has 120 valence electrons. The number of ether oxygens (including phenoxy) is 1. The topological polar surface area (TPSA) is 76.1 Å². The van der Waals surface area contributed by atoms with E-state index in [-0.39, 0.29) is 5.97 Å². The lowest BCUT2D eigenvalue weighted by Crippen LogP contribution is -2.06. The van der Waals surface area contributed by atoms with Crippen LogP contribution in [-0.2, 0) is 4.74 Å². The summed E-state index contributed by atoms with van der Waals surface area (Å²) in [5, 5.41) is 6.60. The minimum Gasteiger partial charge on any atom is -0.462 e. The molecular weight excluding hydrogens is 292 g/mol. The fraction of sp³-hybridized carbons (Fsp3) is 0.353. The Morgan fingerprint density at radius 2 is 1.91 bits per heavy atom. The minimum absolute atomic E-state index is 0.312. The molecule has 1 aromatic heterocycles. The third-order valence-corrected chi connectivity index (χ3v) is 3.44. The van der Waals surface area contributed by atoms with E-state index in [1.54, 1.807) is 19.1 Å². The van der Waals surface area contributed by atoms with Crippen molar-refractivity contribution < 1.29 is 9.53 Å². The Bertz CT molecular complexity index is 696. The first kappa shape index (κ1) is 15.3. The molecule has 0 saturated heterocycles. The Morgan fingerprint density at radius 1 is 1.22 bits per heavy atom. The van der Waals surface area contributed by atoms with E-state index >= 15 is 0 Å². The van der Waals surface area contributed by atoms with Gasteiger partial charge in [-0.05, 0) is 51.0 Å². The Kier molecular flexibility index (Phi) is 4.41. The third kappa shape index (κ3) is 4.18. The summed E-state index contributed by atoms with van der Waals surface area (Å²) in [5.74, 6) is 1.96. The molecule has 3 rings (SSSR count). The highest BCUT2D eigenvalue weighted by atomic mass is 16.5. The Morgan fingerprint density at radius 3 is 2.57 bits per heavy atom. The molecule has 1 heterocycles. The first-order chi connectivity index (χ1) is 11.1. The van der Waals surface area contributed by atoms with Crippen LogP contribution in [0.1, 0.15) is 35.9 Å². The maximum absolute atomic E-state index is 11.6. The number of hydrogen-bond acceptors (Lipinski definition) is 6. The summed E-state index contributed by atoms with van der Waals surface area (Å²) in [6.45, 7) is 4.03. The van der Waals surface area contributed by atoms with Gasteiger partial charge in [-0.2, -0.15) is 0 Å². The molecule has 6 heteroatoms. The molecule has 6 nitrogen and oxygen atoms in total. The number of benzene rings is 1. The van der Waals surface area contributed by atoms with Crippen LogP contribution in [-0.4, -0.2) is 28.6 Å². The lowest BCUT2D eigenvalue weighted by atomic mass is 10.2. The number of aromatic nitrogens is 2. The standard InChI is InChI=1S/C17H20N4O2/c1-3-23-17(22)12-4-6-13(7-5-12)20-15-10-16(19-11(2)18-15)21-14-8-9-14/h4-7,10,14H,3,8-9H2,1-2H3,(H2,18,19,20,21). The second kappa shape index (κ2) is 6.64. The fourth-order valence-electron chi connectivity index (χ4n) is 2.19. The molecule has 0 amide bonds. The van der Waals surface area contributed by atoms with Crippen LogP contribution in [0.3, 0.4) is 0 Å². The van der Waals surface area contributed by atoms with Crippen LogP contribution in [0, 0.1) is 6.92 Å². The smallest absolute Gasteiger partial charge is 0.338 e. The number of hydrogen-bond donors (Lipinski definition) is 2. The van der Waals surface area contributed by atoms with E-state index in [1.807, 2.05) is 25.1 Å². The predicted octanol–water partition coefficient (Wildman–Crippen LogP) is 3.28. The second-order valence-electron chi connectivity index (χ2n) is 5.53. The Balaban J connectivity index is 1.71. The molecule has 1 fully saturated rings. The zero-order valence-corrected chi connectivity index (χ0v) is 13.3. The fourth-order valence-corrected chi connectivity index (χ4v) is 2.19. The maximum atomic E-state index is 11.6. The van der Waals surface area contributed by atoms with Gasteiger partial charge in [-0.1, -0.05) is 0 Å². The van der Waals surface area contributed by atoms with Gasteiger partial charge in [0.05, 0.1) is 12.2 Å². The first-order valence-corrected chi connectivity index (χ1v) is 7.80. The lowest BCUT2D eigenvalue weighted by molar-refractivity contribution is 0.0526. The highest BCUT2D eigenvalue weighted by molar-refractivity contribution is 5.89. The van der Waals surface area contributed by atoms with Gasteiger partial charge in [0.15, 0.2) is 0 Å². The third-order valence-electron chi connectivity index (χ3n) is 3.44. The van der Waals surface area contributed by atoms with Gasteiger partial charge in [0.25, 0.3) is 0 Å². The first-order valence-electron chi connectivity index (χ1n) is 7.80. The lowest BCUT2D eigenvalue weighted by Gasteiger charge is -2.10. The molecule has 0 aliphatic heterocycles. The number of aryl methyl sites for hydroxylation is 1. The van der Waals surface area contributed by atoms with Gasteiger partial charge in [0, 0.05) is 17.8 Å². The molecule has 23 heavy (non-hydrogen) atoms. The van der Waals surface area contributed by atoms with Crippen molar-refractivity contribution in [2.45, 2.75) is 32.7 Å². The summed E-state index contributed by atoms with van der Waals surface area (Å²) in [6, 6.07) is 9.57. The largest absolute Gasteiger partial charge is 0.462 e. The van der Waals surface area contributed by atoms with Crippen molar-refractivity contribution in [3.05, 3.63) is 41.7 Å². The Hall–Kier alpha value is -2.63. The van der Waals surface area contributed by atoms with Crippen molar-refractivity contribution in [3.8, 4) is 0 Å². The highest BCUT2D eigenvalue weighted by Gasteiger charge is 2.21. The van der Waals surface area contributed by atoms with Gasteiger partial charge in [-0.25, -0.2) is 14.8 Å². The Labute approximate surface area is 135 Å². The molecular formula is C17H20N4O2. The molecule has 1 aromatic carbocycles. The van der Waals surface area contributed by atoms with Crippen LogP contribution in [0.15, 0.2) is 30.3 Å². The van der Waals surface area contributed by atoms with Gasteiger partial charge in [-0.15, -0.1) is 0 Å². The van der Waals surface area contributed by atoms with Crippen molar-refractivity contribution in [1.29, 1.82) is 0 Å². The van der Waals surface area contributed by atoms with Crippen molar-refractivity contribution in [3.63, 3.8) is 0 Å². The SMILES string of the molecule is CCOC(=O)c1ccc(Nc2cc(NC3CC3)nc(C)n2)cc1. The minimum atomic E-state index is -0.312. The summed E-state index contributed by atoms with van der Waals surface area (Å²) in [6.07, 6.45) is 2.39. The van der Waals surface area contributed by atoms with Crippen LogP contribution in [0.4, 0.5) is 17.3 Å². The monoisotopic (exact) mass is 312 g/mol. The normalized spacial score (nSPS) is 13.5. The summed E-state index contributed by atoms with van der Waals surface area (Å²) < 4.78 is 4.97. The van der Waals surface area contributed by atoms with E-state index in [9.17, 15) is 4.79 Å². The van der Waals surface area contributed by atoms with Gasteiger partial charge in [0.2, 0.25) is 0 Å².